The Morgan fingerprint density at radius 1 is 1.41 bits per heavy atom. The first-order valence-electron chi connectivity index (χ1n) is 4.93. The fraction of sp³-hybridized carbons (Fsp3) is 0.182. The number of rotatable bonds is 2. The molecular formula is C11H11N3O3. The summed E-state index contributed by atoms with van der Waals surface area (Å²) in [6.45, 7) is 3.77. The van der Waals surface area contributed by atoms with Crippen molar-refractivity contribution >= 4 is 11.7 Å². The summed E-state index contributed by atoms with van der Waals surface area (Å²) < 4.78 is 4.88. The molecule has 1 aromatic carbocycles. The number of nitrogen functional groups attached to an aromatic ring is 1. The van der Waals surface area contributed by atoms with E-state index in [2.05, 4.69) is 10.1 Å². The molecule has 0 amide bonds. The molecule has 6 nitrogen and oxygen atoms in total. The largest absolute Gasteiger partial charge is 0.475 e. The monoisotopic (exact) mass is 233 g/mol. The third-order valence-corrected chi connectivity index (χ3v) is 2.38. The molecule has 17 heavy (non-hydrogen) atoms. The fourth-order valence-corrected chi connectivity index (χ4v) is 1.58. The third kappa shape index (κ3) is 1.96. The molecule has 0 saturated heterocycles. The predicted molar refractivity (Wildman–Crippen MR) is 60.6 cm³/mol. The quantitative estimate of drug-likeness (QED) is 0.764. The van der Waals surface area contributed by atoms with Crippen LogP contribution in [0.15, 0.2) is 16.7 Å². The summed E-state index contributed by atoms with van der Waals surface area (Å²) in [6.07, 6.45) is 0. The predicted octanol–water partition coefficient (Wildman–Crippen LogP) is 1.63. The van der Waals surface area contributed by atoms with Gasteiger partial charge in [0.05, 0.1) is 5.56 Å². The van der Waals surface area contributed by atoms with Crippen molar-refractivity contribution in [3.63, 3.8) is 0 Å². The van der Waals surface area contributed by atoms with Gasteiger partial charge in [-0.1, -0.05) is 6.07 Å². The second kappa shape index (κ2) is 3.89. The highest BCUT2D eigenvalue weighted by Gasteiger charge is 2.17. The van der Waals surface area contributed by atoms with Crippen LogP contribution in [0.3, 0.4) is 0 Å². The number of aryl methyl sites for hydroxylation is 2. The van der Waals surface area contributed by atoms with Crippen molar-refractivity contribution in [2.24, 2.45) is 0 Å². The Morgan fingerprint density at radius 2 is 2.12 bits per heavy atom. The van der Waals surface area contributed by atoms with Crippen LogP contribution >= 0.6 is 0 Å². The Bertz CT molecular complexity index is 590. The van der Waals surface area contributed by atoms with E-state index in [9.17, 15) is 4.79 Å². The summed E-state index contributed by atoms with van der Waals surface area (Å²) in [4.78, 5) is 14.4. The lowest BCUT2D eigenvalue weighted by atomic mass is 10.0. The molecule has 2 aromatic rings. The lowest BCUT2D eigenvalue weighted by molar-refractivity contribution is 0.0680. The Balaban J connectivity index is 2.56. The molecule has 6 heteroatoms. The number of nitrogens with two attached hydrogens (primary N) is 1. The lowest BCUT2D eigenvalue weighted by Crippen LogP contribution is -1.99. The van der Waals surface area contributed by atoms with Gasteiger partial charge < -0.3 is 15.4 Å². The van der Waals surface area contributed by atoms with E-state index >= 15 is 0 Å². The molecule has 88 valence electrons. The number of carboxylic acid groups (broad SMARTS) is 1. The number of carboxylic acids is 1. The maximum atomic E-state index is 10.6. The molecule has 0 atom stereocenters. The highest BCUT2D eigenvalue weighted by Crippen LogP contribution is 2.28. The van der Waals surface area contributed by atoms with Crippen LogP contribution in [0.1, 0.15) is 21.7 Å². The van der Waals surface area contributed by atoms with E-state index in [0.717, 1.165) is 11.1 Å². The van der Waals surface area contributed by atoms with Crippen molar-refractivity contribution < 1.29 is 14.4 Å². The number of hydrogen-bond donors (Lipinski definition) is 2. The van der Waals surface area contributed by atoms with E-state index < -0.39 is 5.97 Å². The minimum absolute atomic E-state index is 0.117. The molecular weight excluding hydrogens is 222 g/mol. The van der Waals surface area contributed by atoms with Crippen LogP contribution in [0.5, 0.6) is 0 Å². The minimum atomic E-state index is -1.23. The maximum Gasteiger partial charge on any atom is 0.377 e. The van der Waals surface area contributed by atoms with Gasteiger partial charge >= 0.3 is 5.97 Å². The van der Waals surface area contributed by atoms with E-state index in [1.165, 1.54) is 0 Å². The smallest absolute Gasteiger partial charge is 0.377 e. The molecule has 0 bridgehead atoms. The van der Waals surface area contributed by atoms with Gasteiger partial charge in [0, 0.05) is 5.69 Å². The first-order chi connectivity index (χ1) is 7.99. The summed E-state index contributed by atoms with van der Waals surface area (Å²) in [6, 6.07) is 3.70. The molecule has 0 unspecified atom stereocenters. The van der Waals surface area contributed by atoms with Gasteiger partial charge in [0.25, 0.3) is 11.7 Å². The van der Waals surface area contributed by atoms with Crippen LogP contribution in [0.2, 0.25) is 0 Å². The van der Waals surface area contributed by atoms with E-state index in [0.29, 0.717) is 11.3 Å². The van der Waals surface area contributed by atoms with Gasteiger partial charge in [-0.2, -0.15) is 4.98 Å². The summed E-state index contributed by atoms with van der Waals surface area (Å²) >= 11 is 0. The van der Waals surface area contributed by atoms with E-state index in [1.54, 1.807) is 6.07 Å². The molecule has 0 aliphatic heterocycles. The summed E-state index contributed by atoms with van der Waals surface area (Å²) in [5.41, 5.74) is 8.83. The van der Waals surface area contributed by atoms with Crippen molar-refractivity contribution in [2.75, 3.05) is 5.73 Å². The molecule has 0 radical (unpaired) electrons. The van der Waals surface area contributed by atoms with Crippen molar-refractivity contribution in [1.82, 2.24) is 10.1 Å². The van der Waals surface area contributed by atoms with Gasteiger partial charge in [0.2, 0.25) is 0 Å². The van der Waals surface area contributed by atoms with Gasteiger partial charge in [-0.3, -0.25) is 0 Å². The normalized spacial score (nSPS) is 10.5. The van der Waals surface area contributed by atoms with Crippen molar-refractivity contribution in [3.8, 4) is 11.5 Å². The number of carbonyl (C=O) groups is 1. The van der Waals surface area contributed by atoms with Gasteiger partial charge in [0.15, 0.2) is 0 Å². The third-order valence-electron chi connectivity index (χ3n) is 2.38. The summed E-state index contributed by atoms with van der Waals surface area (Å²) in [5.74, 6) is -1.49. The number of aromatic nitrogens is 2. The van der Waals surface area contributed by atoms with Crippen LogP contribution in [0.25, 0.3) is 11.5 Å². The van der Waals surface area contributed by atoms with Gasteiger partial charge in [-0.25, -0.2) is 4.79 Å². The second-order valence-electron chi connectivity index (χ2n) is 3.77. The molecule has 0 spiro atoms. The standard InChI is InChI=1S/C11H11N3O3/c1-5-3-6(2)8(12)7(4-5)10-13-9(11(15)16)14-17-10/h3-4H,12H2,1-2H3,(H,15,16). The number of nitrogens with zero attached hydrogens (tertiary/aromatic N) is 2. The number of anilines is 1. The first kappa shape index (κ1) is 11.1. The Morgan fingerprint density at radius 3 is 2.71 bits per heavy atom. The van der Waals surface area contributed by atoms with Crippen LogP contribution in [0, 0.1) is 13.8 Å². The highest BCUT2D eigenvalue weighted by atomic mass is 16.5. The molecule has 0 saturated carbocycles. The van der Waals surface area contributed by atoms with Gasteiger partial charge in [0.1, 0.15) is 0 Å². The molecule has 1 heterocycles. The van der Waals surface area contributed by atoms with Crippen LogP contribution in [-0.2, 0) is 0 Å². The molecule has 3 N–H and O–H groups in total. The lowest BCUT2D eigenvalue weighted by Gasteiger charge is -2.06. The first-order valence-corrected chi connectivity index (χ1v) is 4.93. The number of benzene rings is 1. The van der Waals surface area contributed by atoms with Gasteiger partial charge in [-0.15, -0.1) is 0 Å². The topological polar surface area (TPSA) is 102 Å². The van der Waals surface area contributed by atoms with Crippen LogP contribution in [0.4, 0.5) is 5.69 Å². The minimum Gasteiger partial charge on any atom is -0.475 e. The molecule has 0 aliphatic carbocycles. The maximum absolute atomic E-state index is 10.6. The Kier molecular flexibility index (Phi) is 2.55. The molecule has 2 rings (SSSR count). The highest BCUT2D eigenvalue weighted by molar-refractivity contribution is 5.84. The fourth-order valence-electron chi connectivity index (χ4n) is 1.58. The second-order valence-corrected chi connectivity index (χ2v) is 3.77. The Hall–Kier alpha value is -2.37. The number of hydrogen-bond acceptors (Lipinski definition) is 5. The van der Waals surface area contributed by atoms with Crippen molar-refractivity contribution in [3.05, 3.63) is 29.1 Å². The zero-order valence-corrected chi connectivity index (χ0v) is 9.39. The van der Waals surface area contributed by atoms with Crippen LogP contribution in [-0.4, -0.2) is 21.2 Å². The van der Waals surface area contributed by atoms with E-state index in [4.69, 9.17) is 15.4 Å². The molecule has 0 aliphatic rings. The average molecular weight is 233 g/mol. The average Bonchev–Trinajstić information content (AvgIpc) is 2.72. The summed E-state index contributed by atoms with van der Waals surface area (Å²) in [5, 5.41) is 12.1. The Labute approximate surface area is 97.1 Å². The van der Waals surface area contributed by atoms with E-state index in [-0.39, 0.29) is 11.7 Å². The zero-order chi connectivity index (χ0) is 12.6. The van der Waals surface area contributed by atoms with Crippen molar-refractivity contribution in [1.29, 1.82) is 0 Å². The van der Waals surface area contributed by atoms with Gasteiger partial charge in [-0.05, 0) is 36.2 Å². The van der Waals surface area contributed by atoms with Crippen molar-refractivity contribution in [2.45, 2.75) is 13.8 Å². The zero-order valence-electron chi connectivity index (χ0n) is 9.39. The molecule has 1 aromatic heterocycles. The SMILES string of the molecule is Cc1cc(C)c(N)c(-c2nc(C(=O)O)no2)c1. The van der Waals surface area contributed by atoms with Crippen LogP contribution < -0.4 is 5.73 Å². The number of aromatic carboxylic acids is 1. The molecule has 0 fully saturated rings. The summed E-state index contributed by atoms with van der Waals surface area (Å²) in [7, 11) is 0. The van der Waals surface area contributed by atoms with E-state index in [1.807, 2.05) is 19.9 Å².